The van der Waals surface area contributed by atoms with Gasteiger partial charge >= 0.3 is 5.97 Å². The van der Waals surface area contributed by atoms with Crippen LogP contribution in [0, 0.1) is 10.1 Å². The minimum absolute atomic E-state index is 0.0998. The predicted octanol–water partition coefficient (Wildman–Crippen LogP) is 4.92. The number of dihydropyridines is 1. The molecule has 2 aromatic carbocycles. The molecule has 0 unspecified atom stereocenters. The molecule has 2 aromatic rings. The second kappa shape index (κ2) is 10.1. The number of benzene rings is 2. The van der Waals surface area contributed by atoms with Gasteiger partial charge in [-0.05, 0) is 37.0 Å². The highest BCUT2D eigenvalue weighted by Gasteiger charge is 2.42. The highest BCUT2D eigenvalue weighted by atomic mass is 16.6. The summed E-state index contributed by atoms with van der Waals surface area (Å²) in [6.07, 6.45) is 1.44. The van der Waals surface area contributed by atoms with Gasteiger partial charge in [0, 0.05) is 47.4 Å². The number of carbonyl (C=O) groups is 2. The Kier molecular flexibility index (Phi) is 7.00. The Morgan fingerprint density at radius 1 is 1.17 bits per heavy atom. The third-order valence-corrected chi connectivity index (χ3v) is 6.48. The number of non-ortho nitro benzene ring substituents is 1. The van der Waals surface area contributed by atoms with Gasteiger partial charge in [0.15, 0.2) is 5.78 Å². The summed E-state index contributed by atoms with van der Waals surface area (Å²) in [4.78, 5) is 37.8. The average Bonchev–Trinajstić information content (AvgIpc) is 2.86. The van der Waals surface area contributed by atoms with E-state index in [4.69, 9.17) is 9.47 Å². The number of methoxy groups -OCH3 is 1. The number of nitro benzene ring substituents is 1. The second-order valence-electron chi connectivity index (χ2n) is 8.75. The van der Waals surface area contributed by atoms with E-state index in [9.17, 15) is 19.7 Å². The average molecular weight is 477 g/mol. The maximum absolute atomic E-state index is 13.7. The van der Waals surface area contributed by atoms with Gasteiger partial charge in [-0.15, -0.1) is 0 Å². The Bertz CT molecular complexity index is 1250. The van der Waals surface area contributed by atoms with Gasteiger partial charge in [0.2, 0.25) is 0 Å². The largest absolute Gasteiger partial charge is 0.496 e. The van der Waals surface area contributed by atoms with E-state index < -0.39 is 16.8 Å². The summed E-state index contributed by atoms with van der Waals surface area (Å²) in [7, 11) is 1.60. The van der Waals surface area contributed by atoms with Crippen LogP contribution in [0.4, 0.5) is 5.69 Å². The van der Waals surface area contributed by atoms with Gasteiger partial charge in [-0.3, -0.25) is 14.9 Å². The standard InChI is InChI=1S/C27H28N2O6/c1-4-12-35-27(31)24-16(2)28-21-14-18(20-10-5-6-11-23(20)34-3)15-22(30)26(21)25(24)17-8-7-9-19(13-17)29(32)33/h5-11,13,18,25,28H,4,12,14-15H2,1-3H3/t18-,25-/m1/s1. The first-order valence-electron chi connectivity index (χ1n) is 11.6. The van der Waals surface area contributed by atoms with E-state index in [1.54, 1.807) is 26.2 Å². The Labute approximate surface area is 203 Å². The molecular weight excluding hydrogens is 448 g/mol. The molecule has 0 fully saturated rings. The monoisotopic (exact) mass is 476 g/mol. The van der Waals surface area contributed by atoms with Crippen LogP contribution in [-0.2, 0) is 14.3 Å². The predicted molar refractivity (Wildman–Crippen MR) is 130 cm³/mol. The van der Waals surface area contributed by atoms with E-state index in [2.05, 4.69) is 5.32 Å². The quantitative estimate of drug-likeness (QED) is 0.343. The summed E-state index contributed by atoms with van der Waals surface area (Å²) in [5.74, 6) is -0.769. The molecule has 8 nitrogen and oxygen atoms in total. The van der Waals surface area contributed by atoms with Crippen LogP contribution in [0.5, 0.6) is 5.75 Å². The van der Waals surface area contributed by atoms with E-state index in [0.29, 0.717) is 35.2 Å². The molecule has 35 heavy (non-hydrogen) atoms. The van der Waals surface area contributed by atoms with Crippen molar-refractivity contribution in [3.05, 3.63) is 92.3 Å². The van der Waals surface area contributed by atoms with Crippen LogP contribution < -0.4 is 10.1 Å². The number of ether oxygens (including phenoxy) is 2. The van der Waals surface area contributed by atoms with E-state index in [1.165, 1.54) is 12.1 Å². The van der Waals surface area contributed by atoms with Gasteiger partial charge in [-0.1, -0.05) is 37.3 Å². The molecular formula is C27H28N2O6. The summed E-state index contributed by atoms with van der Waals surface area (Å²) in [5.41, 5.74) is 3.43. The maximum atomic E-state index is 13.7. The summed E-state index contributed by atoms with van der Waals surface area (Å²) >= 11 is 0. The molecule has 0 saturated heterocycles. The van der Waals surface area contributed by atoms with Gasteiger partial charge in [-0.2, -0.15) is 0 Å². The smallest absolute Gasteiger partial charge is 0.336 e. The Morgan fingerprint density at radius 3 is 2.66 bits per heavy atom. The van der Waals surface area contributed by atoms with Gasteiger partial charge in [0.1, 0.15) is 5.75 Å². The summed E-state index contributed by atoms with van der Waals surface area (Å²) in [5, 5.41) is 14.8. The fraction of sp³-hybridized carbons (Fsp3) is 0.333. The molecule has 0 amide bonds. The maximum Gasteiger partial charge on any atom is 0.336 e. The van der Waals surface area contributed by atoms with Crippen molar-refractivity contribution in [2.75, 3.05) is 13.7 Å². The molecule has 0 aromatic heterocycles. The van der Waals surface area contributed by atoms with Crippen LogP contribution in [0.1, 0.15) is 56.1 Å². The fourth-order valence-electron chi connectivity index (χ4n) is 4.96. The number of carbonyl (C=O) groups excluding carboxylic acids is 2. The van der Waals surface area contributed by atoms with Gasteiger partial charge in [0.05, 0.1) is 24.2 Å². The first kappa shape index (κ1) is 24.2. The topological polar surface area (TPSA) is 108 Å². The highest BCUT2D eigenvalue weighted by molar-refractivity contribution is 6.04. The number of nitrogens with one attached hydrogen (secondary N) is 1. The molecule has 8 heteroatoms. The summed E-state index contributed by atoms with van der Waals surface area (Å²) in [6.45, 7) is 3.91. The molecule has 4 rings (SSSR count). The minimum Gasteiger partial charge on any atom is -0.496 e. The van der Waals surface area contributed by atoms with Crippen molar-refractivity contribution in [1.29, 1.82) is 0 Å². The lowest BCUT2D eigenvalue weighted by Crippen LogP contribution is -2.36. The van der Waals surface area contributed by atoms with Crippen LogP contribution in [0.2, 0.25) is 0 Å². The first-order chi connectivity index (χ1) is 16.8. The van der Waals surface area contributed by atoms with Crippen molar-refractivity contribution in [2.24, 2.45) is 0 Å². The number of hydrogen-bond donors (Lipinski definition) is 1. The third-order valence-electron chi connectivity index (χ3n) is 6.48. The lowest BCUT2D eigenvalue weighted by molar-refractivity contribution is -0.384. The zero-order valence-electron chi connectivity index (χ0n) is 20.0. The minimum atomic E-state index is -0.748. The number of nitrogens with zero attached hydrogens (tertiary/aromatic N) is 1. The number of esters is 1. The molecule has 0 bridgehead atoms. The van der Waals surface area contributed by atoms with Gasteiger partial charge in [0.25, 0.3) is 5.69 Å². The number of Topliss-reactive ketones (excluding diaryl/α,β-unsaturated/α-hetero) is 1. The number of ketones is 1. The Morgan fingerprint density at radius 2 is 1.94 bits per heavy atom. The van der Waals surface area contributed by atoms with E-state index >= 15 is 0 Å². The van der Waals surface area contributed by atoms with Crippen molar-refractivity contribution in [3.63, 3.8) is 0 Å². The summed E-state index contributed by atoms with van der Waals surface area (Å²) < 4.78 is 11.0. The van der Waals surface area contributed by atoms with Crippen molar-refractivity contribution < 1.29 is 24.0 Å². The number of rotatable bonds is 7. The Balaban J connectivity index is 1.82. The van der Waals surface area contributed by atoms with E-state index in [1.807, 2.05) is 31.2 Å². The van der Waals surface area contributed by atoms with Crippen LogP contribution in [0.25, 0.3) is 0 Å². The molecule has 1 heterocycles. The first-order valence-corrected chi connectivity index (χ1v) is 11.6. The molecule has 182 valence electrons. The molecule has 1 aliphatic carbocycles. The molecule has 1 aliphatic heterocycles. The van der Waals surface area contributed by atoms with Crippen molar-refractivity contribution >= 4 is 17.4 Å². The number of allylic oxidation sites excluding steroid dienone is 3. The fourth-order valence-corrected chi connectivity index (χ4v) is 4.96. The third kappa shape index (κ3) is 4.69. The summed E-state index contributed by atoms with van der Waals surface area (Å²) in [6, 6.07) is 13.7. The van der Waals surface area contributed by atoms with Crippen molar-refractivity contribution in [3.8, 4) is 5.75 Å². The molecule has 0 spiro atoms. The van der Waals surface area contributed by atoms with Crippen LogP contribution in [0.15, 0.2) is 71.1 Å². The van der Waals surface area contributed by atoms with E-state index in [-0.39, 0.29) is 30.4 Å². The molecule has 2 atom stereocenters. The van der Waals surface area contributed by atoms with Crippen LogP contribution >= 0.6 is 0 Å². The second-order valence-corrected chi connectivity index (χ2v) is 8.75. The zero-order valence-corrected chi connectivity index (χ0v) is 20.0. The van der Waals surface area contributed by atoms with Crippen LogP contribution in [-0.4, -0.2) is 30.4 Å². The number of hydrogen-bond acceptors (Lipinski definition) is 7. The van der Waals surface area contributed by atoms with Gasteiger partial charge in [-0.25, -0.2) is 4.79 Å². The molecule has 2 aliphatic rings. The normalized spacial score (nSPS) is 19.7. The Hall–Kier alpha value is -3.94. The lowest BCUT2D eigenvalue weighted by atomic mass is 9.71. The van der Waals surface area contributed by atoms with Crippen molar-refractivity contribution in [2.45, 2.75) is 44.9 Å². The number of para-hydroxylation sites is 1. The lowest BCUT2D eigenvalue weighted by Gasteiger charge is -2.36. The molecule has 0 radical (unpaired) electrons. The molecule has 1 N–H and O–H groups in total. The number of nitro groups is 1. The SMILES string of the molecule is CCCOC(=O)C1=C(C)NC2=C(C(=O)C[C@H](c3ccccc3OC)C2)[C@@H]1c1cccc([N+](=O)[O-])c1. The van der Waals surface area contributed by atoms with Crippen molar-refractivity contribution in [1.82, 2.24) is 5.32 Å². The van der Waals surface area contributed by atoms with Gasteiger partial charge < -0.3 is 14.8 Å². The van der Waals surface area contributed by atoms with E-state index in [0.717, 1.165) is 17.0 Å². The highest BCUT2D eigenvalue weighted by Crippen LogP contribution is 2.47. The zero-order chi connectivity index (χ0) is 25.1. The van der Waals surface area contributed by atoms with Crippen LogP contribution in [0.3, 0.4) is 0 Å². The molecule has 0 saturated carbocycles.